The van der Waals surface area contributed by atoms with Crippen molar-refractivity contribution in [1.29, 1.82) is 0 Å². The minimum absolute atomic E-state index is 0.0576. The van der Waals surface area contributed by atoms with Crippen LogP contribution in [0.3, 0.4) is 0 Å². The zero-order valence-corrected chi connectivity index (χ0v) is 14.5. The van der Waals surface area contributed by atoms with E-state index in [9.17, 15) is 9.59 Å². The molecule has 1 saturated carbocycles. The minimum Gasteiger partial charge on any atom is -0.468 e. The molecule has 0 aliphatic heterocycles. The summed E-state index contributed by atoms with van der Waals surface area (Å²) in [6.45, 7) is 2.18. The summed E-state index contributed by atoms with van der Waals surface area (Å²) in [6, 6.07) is 9.51. The fraction of sp³-hybridized carbons (Fsp3) is 0.500. The summed E-state index contributed by atoms with van der Waals surface area (Å²) in [6.07, 6.45) is 3.49. The standard InChI is InChI=1S/C17H23NO4.CO2/c1-3-17(10-7-11-17)18(12-15(19)21-2)16(20)22-13-14-8-5-4-6-9-14;2-1-3/h4-6,8-9H,3,7,10-13H2,1-2H3;. The summed E-state index contributed by atoms with van der Waals surface area (Å²) < 4.78 is 10.1. The predicted octanol–water partition coefficient (Wildman–Crippen LogP) is 2.55. The van der Waals surface area contributed by atoms with Gasteiger partial charge in [-0.15, -0.1) is 0 Å². The molecule has 0 bridgehead atoms. The Balaban J connectivity index is 0.000000970. The van der Waals surface area contributed by atoms with Gasteiger partial charge in [-0.2, -0.15) is 9.59 Å². The van der Waals surface area contributed by atoms with E-state index in [2.05, 4.69) is 0 Å². The van der Waals surface area contributed by atoms with Gasteiger partial charge in [-0.3, -0.25) is 9.69 Å². The molecule has 136 valence electrons. The Kier molecular flexibility index (Phi) is 8.36. The van der Waals surface area contributed by atoms with E-state index in [4.69, 9.17) is 19.1 Å². The minimum atomic E-state index is -0.448. The highest BCUT2D eigenvalue weighted by Gasteiger charge is 2.45. The number of hydrogen-bond donors (Lipinski definition) is 0. The summed E-state index contributed by atoms with van der Waals surface area (Å²) in [5.41, 5.74) is 0.662. The lowest BCUT2D eigenvalue weighted by Crippen LogP contribution is -2.57. The van der Waals surface area contributed by atoms with Crippen LogP contribution in [0.15, 0.2) is 30.3 Å². The molecule has 0 heterocycles. The first-order valence-electron chi connectivity index (χ1n) is 8.07. The average molecular weight is 349 g/mol. The highest BCUT2D eigenvalue weighted by atomic mass is 16.6. The van der Waals surface area contributed by atoms with Gasteiger partial charge < -0.3 is 9.47 Å². The van der Waals surface area contributed by atoms with Gasteiger partial charge in [0.25, 0.3) is 0 Å². The zero-order valence-electron chi connectivity index (χ0n) is 14.5. The van der Waals surface area contributed by atoms with Gasteiger partial charge >= 0.3 is 18.2 Å². The molecule has 0 saturated heterocycles. The van der Waals surface area contributed by atoms with Crippen molar-refractivity contribution in [3.05, 3.63) is 35.9 Å². The molecule has 7 nitrogen and oxygen atoms in total. The summed E-state index contributed by atoms with van der Waals surface area (Å²) in [7, 11) is 1.33. The third kappa shape index (κ3) is 5.72. The van der Waals surface area contributed by atoms with Crippen molar-refractivity contribution in [2.75, 3.05) is 13.7 Å². The molecule has 1 aromatic carbocycles. The topological polar surface area (TPSA) is 90.0 Å². The summed E-state index contributed by atoms with van der Waals surface area (Å²) in [5, 5.41) is 0. The zero-order chi connectivity index (χ0) is 18.7. The number of hydrogen-bond acceptors (Lipinski definition) is 6. The predicted molar refractivity (Wildman–Crippen MR) is 87.2 cm³/mol. The summed E-state index contributed by atoms with van der Waals surface area (Å²) in [5.74, 6) is -0.420. The fourth-order valence-electron chi connectivity index (χ4n) is 2.82. The lowest BCUT2D eigenvalue weighted by molar-refractivity contribution is -0.191. The van der Waals surface area contributed by atoms with Crippen LogP contribution in [-0.4, -0.2) is 42.3 Å². The molecule has 1 aliphatic rings. The van der Waals surface area contributed by atoms with Crippen molar-refractivity contribution < 1.29 is 28.7 Å². The number of esters is 1. The number of carbonyl (C=O) groups excluding carboxylic acids is 4. The number of ether oxygens (including phenoxy) is 2. The first kappa shape index (κ1) is 20.4. The van der Waals surface area contributed by atoms with Gasteiger partial charge in [-0.1, -0.05) is 37.3 Å². The lowest BCUT2D eigenvalue weighted by Gasteiger charge is -2.48. The van der Waals surface area contributed by atoms with Crippen LogP contribution in [0, 0.1) is 0 Å². The van der Waals surface area contributed by atoms with Gasteiger partial charge in [0.15, 0.2) is 0 Å². The second kappa shape index (κ2) is 10.3. The van der Waals surface area contributed by atoms with Crippen molar-refractivity contribution in [1.82, 2.24) is 4.90 Å². The van der Waals surface area contributed by atoms with Crippen molar-refractivity contribution in [3.63, 3.8) is 0 Å². The molecule has 1 aromatic rings. The van der Waals surface area contributed by atoms with Crippen molar-refractivity contribution in [3.8, 4) is 0 Å². The molecule has 0 unspecified atom stereocenters. The molecule has 7 heteroatoms. The van der Waals surface area contributed by atoms with Crippen LogP contribution in [0.2, 0.25) is 0 Å². The van der Waals surface area contributed by atoms with Crippen molar-refractivity contribution in [2.24, 2.45) is 0 Å². The quantitative estimate of drug-likeness (QED) is 0.733. The third-order valence-electron chi connectivity index (χ3n) is 4.46. The number of benzene rings is 1. The smallest absolute Gasteiger partial charge is 0.411 e. The molecule has 0 spiro atoms. The van der Waals surface area contributed by atoms with E-state index in [-0.39, 0.29) is 24.8 Å². The average Bonchev–Trinajstić information content (AvgIpc) is 2.59. The van der Waals surface area contributed by atoms with Gasteiger partial charge in [0.1, 0.15) is 13.2 Å². The van der Waals surface area contributed by atoms with E-state index in [0.29, 0.717) is 0 Å². The Morgan fingerprint density at radius 1 is 1.20 bits per heavy atom. The normalized spacial score (nSPS) is 14.0. The SMILES string of the molecule is CCC1(N(CC(=O)OC)C(=O)OCc2ccccc2)CCC1.O=C=O. The Morgan fingerprint density at radius 2 is 1.80 bits per heavy atom. The molecule has 1 aliphatic carbocycles. The Morgan fingerprint density at radius 3 is 2.24 bits per heavy atom. The van der Waals surface area contributed by atoms with Gasteiger partial charge in [-0.05, 0) is 31.2 Å². The van der Waals surface area contributed by atoms with Crippen LogP contribution in [0.5, 0.6) is 0 Å². The van der Waals surface area contributed by atoms with E-state index in [1.165, 1.54) is 7.11 Å². The van der Waals surface area contributed by atoms with Crippen LogP contribution in [0.25, 0.3) is 0 Å². The number of rotatable bonds is 6. The van der Waals surface area contributed by atoms with E-state index in [0.717, 1.165) is 31.2 Å². The fourth-order valence-corrected chi connectivity index (χ4v) is 2.82. The number of nitrogens with zero attached hydrogens (tertiary/aromatic N) is 1. The van der Waals surface area contributed by atoms with Gasteiger partial charge in [-0.25, -0.2) is 4.79 Å². The summed E-state index contributed by atoms with van der Waals surface area (Å²) in [4.78, 5) is 41.9. The Hall–Kier alpha value is -2.66. The monoisotopic (exact) mass is 349 g/mol. The maximum absolute atomic E-state index is 12.5. The van der Waals surface area contributed by atoms with E-state index >= 15 is 0 Å². The van der Waals surface area contributed by atoms with Crippen LogP contribution < -0.4 is 0 Å². The van der Waals surface area contributed by atoms with Crippen LogP contribution in [0.4, 0.5) is 4.79 Å². The van der Waals surface area contributed by atoms with Gasteiger partial charge in [0.05, 0.1) is 7.11 Å². The van der Waals surface area contributed by atoms with E-state index < -0.39 is 12.1 Å². The Labute approximate surface area is 146 Å². The number of amides is 1. The lowest BCUT2D eigenvalue weighted by atomic mass is 9.73. The first-order chi connectivity index (χ1) is 12.0. The maximum atomic E-state index is 12.5. The second-order valence-corrected chi connectivity index (χ2v) is 5.72. The molecule has 25 heavy (non-hydrogen) atoms. The molecule has 0 radical (unpaired) electrons. The second-order valence-electron chi connectivity index (χ2n) is 5.72. The van der Waals surface area contributed by atoms with Crippen LogP contribution in [-0.2, 0) is 30.5 Å². The highest BCUT2D eigenvalue weighted by Crippen LogP contribution is 2.40. The molecule has 0 N–H and O–H groups in total. The molecule has 2 rings (SSSR count). The summed E-state index contributed by atoms with van der Waals surface area (Å²) >= 11 is 0. The molecule has 1 fully saturated rings. The first-order valence-corrected chi connectivity index (χ1v) is 8.07. The molecular weight excluding hydrogens is 326 g/mol. The van der Waals surface area contributed by atoms with Crippen LogP contribution in [0.1, 0.15) is 38.2 Å². The van der Waals surface area contributed by atoms with E-state index in [1.807, 2.05) is 37.3 Å². The molecule has 0 atom stereocenters. The maximum Gasteiger partial charge on any atom is 0.411 e. The third-order valence-corrected chi connectivity index (χ3v) is 4.46. The molecule has 0 aromatic heterocycles. The Bertz CT molecular complexity index is 585. The molecule has 1 amide bonds. The molecular formula is C18H23NO6. The number of carbonyl (C=O) groups is 2. The number of methoxy groups -OCH3 is 1. The largest absolute Gasteiger partial charge is 0.468 e. The van der Waals surface area contributed by atoms with Gasteiger partial charge in [0.2, 0.25) is 0 Å². The highest BCUT2D eigenvalue weighted by molar-refractivity contribution is 5.78. The van der Waals surface area contributed by atoms with Crippen LogP contribution >= 0.6 is 0 Å². The van der Waals surface area contributed by atoms with Crippen molar-refractivity contribution in [2.45, 2.75) is 44.8 Å². The van der Waals surface area contributed by atoms with Crippen molar-refractivity contribution >= 4 is 18.2 Å². The van der Waals surface area contributed by atoms with E-state index in [1.54, 1.807) is 4.90 Å². The van der Waals surface area contributed by atoms with Gasteiger partial charge in [0, 0.05) is 5.54 Å².